The van der Waals surface area contributed by atoms with Crippen LogP contribution in [0, 0.1) is 5.92 Å². The maximum atomic E-state index is 12.7. The number of alkyl halides is 3. The van der Waals surface area contributed by atoms with Crippen molar-refractivity contribution in [3.8, 4) is 0 Å². The molecule has 0 aliphatic carbocycles. The van der Waals surface area contributed by atoms with Crippen molar-refractivity contribution in [2.75, 3.05) is 18.4 Å². The predicted molar refractivity (Wildman–Crippen MR) is 82.0 cm³/mol. The zero-order valence-electron chi connectivity index (χ0n) is 12.6. The maximum absolute atomic E-state index is 12.7. The van der Waals surface area contributed by atoms with E-state index in [1.54, 1.807) is 0 Å². The third-order valence-electron chi connectivity index (χ3n) is 3.00. The van der Waals surface area contributed by atoms with E-state index < -0.39 is 11.7 Å². The minimum atomic E-state index is -4.50. The van der Waals surface area contributed by atoms with E-state index >= 15 is 0 Å². The molecular weight excluding hydrogens is 317 g/mol. The van der Waals surface area contributed by atoms with Crippen LogP contribution in [0.2, 0.25) is 5.02 Å². The van der Waals surface area contributed by atoms with Crippen LogP contribution < -0.4 is 10.6 Å². The number of amides is 1. The van der Waals surface area contributed by atoms with Crippen LogP contribution in [-0.4, -0.2) is 19.0 Å². The zero-order chi connectivity index (χ0) is 16.8. The van der Waals surface area contributed by atoms with E-state index in [2.05, 4.69) is 24.5 Å². The summed E-state index contributed by atoms with van der Waals surface area (Å²) < 4.78 is 38.1. The lowest BCUT2D eigenvalue weighted by molar-refractivity contribution is -0.137. The Hall–Kier alpha value is -1.43. The molecule has 1 aromatic carbocycles. The van der Waals surface area contributed by atoms with Crippen LogP contribution >= 0.6 is 11.6 Å². The molecule has 0 atom stereocenters. The highest BCUT2D eigenvalue weighted by atomic mass is 35.5. The highest BCUT2D eigenvalue weighted by Crippen LogP contribution is 2.36. The van der Waals surface area contributed by atoms with Gasteiger partial charge < -0.3 is 10.6 Å². The molecule has 124 valence electrons. The van der Waals surface area contributed by atoms with Gasteiger partial charge in [0.2, 0.25) is 5.91 Å². The SMILES string of the molecule is CC(C)CCNC(=O)CCNc1ccc(Cl)c(C(F)(F)F)c1. The minimum Gasteiger partial charge on any atom is -0.385 e. The number of rotatable bonds is 7. The number of nitrogens with one attached hydrogen (secondary N) is 2. The van der Waals surface area contributed by atoms with Gasteiger partial charge in [-0.25, -0.2) is 0 Å². The average Bonchev–Trinajstić information content (AvgIpc) is 2.39. The topological polar surface area (TPSA) is 41.1 Å². The second-order valence-corrected chi connectivity index (χ2v) is 5.81. The van der Waals surface area contributed by atoms with Crippen LogP contribution in [-0.2, 0) is 11.0 Å². The molecule has 0 saturated carbocycles. The molecule has 0 aromatic heterocycles. The molecule has 0 radical (unpaired) electrons. The summed E-state index contributed by atoms with van der Waals surface area (Å²) >= 11 is 5.54. The van der Waals surface area contributed by atoms with Crippen LogP contribution in [0.1, 0.15) is 32.3 Å². The van der Waals surface area contributed by atoms with E-state index in [9.17, 15) is 18.0 Å². The third kappa shape index (κ3) is 6.56. The number of hydrogen-bond acceptors (Lipinski definition) is 2. The number of hydrogen-bond donors (Lipinski definition) is 2. The molecule has 3 nitrogen and oxygen atoms in total. The average molecular weight is 337 g/mol. The van der Waals surface area contributed by atoms with Crippen LogP contribution in [0.3, 0.4) is 0 Å². The number of benzene rings is 1. The van der Waals surface area contributed by atoms with Crippen LogP contribution in [0.5, 0.6) is 0 Å². The first kappa shape index (κ1) is 18.6. The standard InChI is InChI=1S/C15H20ClF3N2O/c1-10(2)5-7-21-14(22)6-8-20-11-3-4-13(16)12(9-11)15(17,18)19/h3-4,9-10,20H,5-8H2,1-2H3,(H,21,22). The Labute approximate surface area is 133 Å². The number of halogens is 4. The summed E-state index contributed by atoms with van der Waals surface area (Å²) in [4.78, 5) is 11.5. The van der Waals surface area contributed by atoms with Gasteiger partial charge in [0.15, 0.2) is 0 Å². The maximum Gasteiger partial charge on any atom is 0.417 e. The Kier molecular flexibility index (Phi) is 7.00. The third-order valence-corrected chi connectivity index (χ3v) is 3.33. The molecule has 0 aliphatic heterocycles. The fourth-order valence-corrected chi connectivity index (χ4v) is 1.99. The first-order chi connectivity index (χ1) is 10.2. The Morgan fingerprint density at radius 1 is 1.27 bits per heavy atom. The molecule has 0 saturated heterocycles. The Bertz CT molecular complexity index is 504. The van der Waals surface area contributed by atoms with Crippen molar-refractivity contribution < 1.29 is 18.0 Å². The van der Waals surface area contributed by atoms with Crippen molar-refractivity contribution in [1.29, 1.82) is 0 Å². The molecule has 1 aromatic rings. The van der Waals surface area contributed by atoms with E-state index in [0.29, 0.717) is 12.5 Å². The lowest BCUT2D eigenvalue weighted by atomic mass is 10.1. The first-order valence-electron chi connectivity index (χ1n) is 7.07. The molecule has 1 amide bonds. The van der Waals surface area contributed by atoms with Crippen LogP contribution in [0.15, 0.2) is 18.2 Å². The van der Waals surface area contributed by atoms with Gasteiger partial charge in [0.05, 0.1) is 10.6 Å². The van der Waals surface area contributed by atoms with E-state index in [1.165, 1.54) is 12.1 Å². The van der Waals surface area contributed by atoms with Crippen molar-refractivity contribution in [2.45, 2.75) is 32.9 Å². The molecular formula is C15H20ClF3N2O. The van der Waals surface area contributed by atoms with E-state index in [0.717, 1.165) is 12.5 Å². The van der Waals surface area contributed by atoms with E-state index in [4.69, 9.17) is 11.6 Å². The number of anilines is 1. The van der Waals surface area contributed by atoms with Crippen molar-refractivity contribution in [2.24, 2.45) is 5.92 Å². The summed E-state index contributed by atoms with van der Waals surface area (Å²) in [5.41, 5.74) is -0.604. The van der Waals surface area contributed by atoms with Gasteiger partial charge in [0.25, 0.3) is 0 Å². The van der Waals surface area contributed by atoms with Crippen LogP contribution in [0.25, 0.3) is 0 Å². The molecule has 0 unspecified atom stereocenters. The smallest absolute Gasteiger partial charge is 0.385 e. The van der Waals surface area contributed by atoms with Crippen LogP contribution in [0.4, 0.5) is 18.9 Å². The van der Waals surface area contributed by atoms with Gasteiger partial charge in [-0.3, -0.25) is 4.79 Å². The summed E-state index contributed by atoms with van der Waals surface area (Å²) in [6.45, 7) is 4.99. The van der Waals surface area contributed by atoms with Gasteiger partial charge >= 0.3 is 6.18 Å². The molecule has 1 rings (SSSR count). The minimum absolute atomic E-state index is 0.127. The second-order valence-electron chi connectivity index (χ2n) is 5.40. The molecule has 22 heavy (non-hydrogen) atoms. The Morgan fingerprint density at radius 3 is 2.55 bits per heavy atom. The van der Waals surface area contributed by atoms with Gasteiger partial charge in [-0.05, 0) is 30.5 Å². The Balaban J connectivity index is 2.44. The summed E-state index contributed by atoms with van der Waals surface area (Å²) in [7, 11) is 0. The first-order valence-corrected chi connectivity index (χ1v) is 7.45. The second kappa shape index (κ2) is 8.27. The summed E-state index contributed by atoms with van der Waals surface area (Å²) in [6.07, 6.45) is -3.41. The lowest BCUT2D eigenvalue weighted by Gasteiger charge is -2.12. The summed E-state index contributed by atoms with van der Waals surface area (Å²) in [6, 6.07) is 3.59. The largest absolute Gasteiger partial charge is 0.417 e. The van der Waals surface area contributed by atoms with Crippen molar-refractivity contribution in [1.82, 2.24) is 5.32 Å². The van der Waals surface area contributed by atoms with Gasteiger partial charge in [0.1, 0.15) is 0 Å². The van der Waals surface area contributed by atoms with Gasteiger partial charge in [-0.15, -0.1) is 0 Å². The monoisotopic (exact) mass is 336 g/mol. The molecule has 0 spiro atoms. The lowest BCUT2D eigenvalue weighted by Crippen LogP contribution is -2.27. The molecule has 7 heteroatoms. The van der Waals surface area contributed by atoms with E-state index in [-0.39, 0.29) is 29.6 Å². The Morgan fingerprint density at radius 2 is 1.95 bits per heavy atom. The van der Waals surface area contributed by atoms with Gasteiger partial charge in [-0.2, -0.15) is 13.2 Å². The molecule has 0 heterocycles. The van der Waals surface area contributed by atoms with E-state index in [1.807, 2.05) is 0 Å². The molecule has 0 fully saturated rings. The summed E-state index contributed by atoms with van der Waals surface area (Å²) in [5, 5.41) is 5.22. The van der Waals surface area contributed by atoms with Crippen molar-refractivity contribution in [3.05, 3.63) is 28.8 Å². The summed E-state index contributed by atoms with van der Waals surface area (Å²) in [5.74, 6) is 0.381. The quantitative estimate of drug-likeness (QED) is 0.778. The molecule has 0 bridgehead atoms. The highest BCUT2D eigenvalue weighted by molar-refractivity contribution is 6.31. The molecule has 2 N–H and O–H groups in total. The number of carbonyl (C=O) groups is 1. The fourth-order valence-electron chi connectivity index (χ4n) is 1.76. The fraction of sp³-hybridized carbons (Fsp3) is 0.533. The number of carbonyl (C=O) groups excluding carboxylic acids is 1. The van der Waals surface area contributed by atoms with Gasteiger partial charge in [-0.1, -0.05) is 25.4 Å². The van der Waals surface area contributed by atoms with Crippen molar-refractivity contribution >= 4 is 23.2 Å². The molecule has 0 aliphatic rings. The van der Waals surface area contributed by atoms with Gasteiger partial charge in [0, 0.05) is 25.2 Å². The zero-order valence-corrected chi connectivity index (χ0v) is 13.3. The van der Waals surface area contributed by atoms with Crippen molar-refractivity contribution in [3.63, 3.8) is 0 Å². The predicted octanol–water partition coefficient (Wildman–Crippen LogP) is 4.32. The normalized spacial score (nSPS) is 11.6. The highest BCUT2D eigenvalue weighted by Gasteiger charge is 2.33.